The second kappa shape index (κ2) is 8.55. The van der Waals surface area contributed by atoms with Gasteiger partial charge in [-0.05, 0) is 32.9 Å². The Morgan fingerprint density at radius 2 is 1.88 bits per heavy atom. The van der Waals surface area contributed by atoms with Crippen LogP contribution in [0.4, 0.5) is 5.69 Å². The van der Waals surface area contributed by atoms with Gasteiger partial charge >= 0.3 is 0 Å². The molecule has 0 spiro atoms. The predicted octanol–water partition coefficient (Wildman–Crippen LogP) is 1.73. The number of nitrogens with two attached hydrogens (primary N) is 1. The summed E-state index contributed by atoms with van der Waals surface area (Å²) in [6.07, 6.45) is -0.0147. The van der Waals surface area contributed by atoms with Gasteiger partial charge in [-0.15, -0.1) is 0 Å². The van der Waals surface area contributed by atoms with Crippen molar-refractivity contribution in [1.82, 2.24) is 0 Å². The van der Waals surface area contributed by atoms with E-state index in [0.717, 1.165) is 5.69 Å². The van der Waals surface area contributed by atoms with E-state index in [1.807, 2.05) is 44.2 Å². The molecule has 1 rings (SSSR count). The lowest BCUT2D eigenvalue weighted by atomic mass is 10.3. The number of guanidine groups is 1. The molecule has 0 amide bonds. The molecular formula is C12H21N3O2. The number of nitrogens with one attached hydrogen (secondary N) is 1. The molecule has 0 aromatic heterocycles. The summed E-state index contributed by atoms with van der Waals surface area (Å²) in [5.74, 6) is -0.120. The lowest BCUT2D eigenvalue weighted by molar-refractivity contribution is 0.0847. The van der Waals surface area contributed by atoms with E-state index in [2.05, 4.69) is 0 Å². The van der Waals surface area contributed by atoms with Gasteiger partial charge < -0.3 is 10.8 Å². The predicted molar refractivity (Wildman–Crippen MR) is 69.8 cm³/mol. The monoisotopic (exact) mass is 239 g/mol. The number of aliphatic hydroxyl groups excluding tert-OH is 1. The van der Waals surface area contributed by atoms with E-state index in [1.54, 1.807) is 6.92 Å². The maximum atomic E-state index is 7.57. The molecule has 5 nitrogen and oxygen atoms in total. The first-order valence-electron chi connectivity index (χ1n) is 5.49. The Morgan fingerprint density at radius 1 is 1.41 bits per heavy atom. The fraction of sp³-hybridized carbons (Fsp3) is 0.417. The van der Waals surface area contributed by atoms with Crippen LogP contribution in [0.1, 0.15) is 20.8 Å². The summed E-state index contributed by atoms with van der Waals surface area (Å²) in [5, 5.41) is 16.2. The van der Waals surface area contributed by atoms with Crippen molar-refractivity contribution in [3.05, 3.63) is 30.3 Å². The minimum absolute atomic E-state index is 0.0147. The first kappa shape index (κ1) is 15.4. The Balaban J connectivity index is 0.000000770. The normalized spacial score (nSPS) is 9.47. The summed E-state index contributed by atoms with van der Waals surface area (Å²) < 4.78 is 0. The van der Waals surface area contributed by atoms with Crippen molar-refractivity contribution in [3.63, 3.8) is 0 Å². The first-order chi connectivity index (χ1) is 8.02. The Morgan fingerprint density at radius 3 is 2.24 bits per heavy atom. The van der Waals surface area contributed by atoms with Crippen molar-refractivity contribution in [2.75, 3.05) is 11.7 Å². The summed E-state index contributed by atoms with van der Waals surface area (Å²) >= 11 is 0. The molecule has 96 valence electrons. The minimum atomic E-state index is -0.120. The Bertz CT molecular complexity index is 315. The van der Waals surface area contributed by atoms with Gasteiger partial charge in [0, 0.05) is 6.61 Å². The van der Waals surface area contributed by atoms with Gasteiger partial charge in [0.15, 0.2) is 0 Å². The smallest absolute Gasteiger partial charge is 0.217 e. The number of nitrogens with zero attached hydrogens (tertiary/aromatic N) is 1. The van der Waals surface area contributed by atoms with Crippen LogP contribution in [-0.2, 0) is 4.84 Å². The van der Waals surface area contributed by atoms with E-state index in [-0.39, 0.29) is 18.7 Å². The van der Waals surface area contributed by atoms with Crippen LogP contribution in [0.3, 0.4) is 0 Å². The molecule has 1 aromatic rings. The zero-order chi connectivity index (χ0) is 13.3. The van der Waals surface area contributed by atoms with Crippen LogP contribution < -0.4 is 10.8 Å². The van der Waals surface area contributed by atoms with Crippen molar-refractivity contribution in [2.45, 2.75) is 26.9 Å². The molecule has 0 radical (unpaired) electrons. The third-order valence-corrected chi connectivity index (χ3v) is 1.53. The molecule has 4 N–H and O–H groups in total. The van der Waals surface area contributed by atoms with Crippen molar-refractivity contribution < 1.29 is 9.94 Å². The van der Waals surface area contributed by atoms with Gasteiger partial charge in [-0.3, -0.25) is 10.2 Å². The molecule has 0 saturated heterocycles. The van der Waals surface area contributed by atoms with Crippen LogP contribution in [0.5, 0.6) is 0 Å². The fourth-order valence-corrected chi connectivity index (χ4v) is 1.03. The third kappa shape index (κ3) is 6.55. The summed E-state index contributed by atoms with van der Waals surface area (Å²) in [6, 6.07) is 9.31. The lowest BCUT2D eigenvalue weighted by Crippen LogP contribution is -2.38. The zero-order valence-electron chi connectivity index (χ0n) is 10.6. The topological polar surface area (TPSA) is 82.6 Å². The summed E-state index contributed by atoms with van der Waals surface area (Å²) in [7, 11) is 0. The molecule has 17 heavy (non-hydrogen) atoms. The maximum absolute atomic E-state index is 7.57. The first-order valence-corrected chi connectivity index (χ1v) is 5.49. The van der Waals surface area contributed by atoms with Crippen LogP contribution in [0, 0.1) is 5.41 Å². The number of rotatable bonds is 3. The largest absolute Gasteiger partial charge is 0.397 e. The highest BCUT2D eigenvalue weighted by atomic mass is 16.7. The SMILES string of the molecule is CC(C)ON(C(=N)N)c1ccccc1.CCO. The molecule has 0 aliphatic rings. The molecule has 0 heterocycles. The van der Waals surface area contributed by atoms with Gasteiger partial charge in [0.1, 0.15) is 0 Å². The Kier molecular flexibility index (Phi) is 7.75. The molecule has 0 aliphatic heterocycles. The van der Waals surface area contributed by atoms with Gasteiger partial charge in [-0.2, -0.15) is 5.06 Å². The second-order valence-electron chi connectivity index (χ2n) is 3.49. The standard InChI is InChI=1S/C10H15N3O.C2H6O/c1-8(2)14-13(10(11)12)9-6-4-3-5-7-9;1-2-3/h3-8H,1-2H3,(H3,11,12);3H,2H2,1H3. The average Bonchev–Trinajstić information content (AvgIpc) is 2.27. The van der Waals surface area contributed by atoms with E-state index in [4.69, 9.17) is 21.1 Å². The summed E-state index contributed by atoms with van der Waals surface area (Å²) in [6.45, 7) is 5.71. The highest BCUT2D eigenvalue weighted by Gasteiger charge is 2.11. The van der Waals surface area contributed by atoms with E-state index >= 15 is 0 Å². The van der Waals surface area contributed by atoms with Crippen LogP contribution in [0.25, 0.3) is 0 Å². The average molecular weight is 239 g/mol. The second-order valence-corrected chi connectivity index (χ2v) is 3.49. The maximum Gasteiger partial charge on any atom is 0.217 e. The number of hydrogen-bond acceptors (Lipinski definition) is 3. The zero-order valence-corrected chi connectivity index (χ0v) is 10.6. The van der Waals surface area contributed by atoms with Crippen molar-refractivity contribution in [3.8, 4) is 0 Å². The minimum Gasteiger partial charge on any atom is -0.397 e. The summed E-state index contributed by atoms with van der Waals surface area (Å²) in [4.78, 5) is 5.38. The fourth-order valence-electron chi connectivity index (χ4n) is 1.03. The number of benzene rings is 1. The van der Waals surface area contributed by atoms with Crippen LogP contribution in [-0.4, -0.2) is 23.8 Å². The number of hydroxylamine groups is 1. The van der Waals surface area contributed by atoms with Crippen molar-refractivity contribution in [2.24, 2.45) is 5.73 Å². The van der Waals surface area contributed by atoms with Crippen molar-refractivity contribution in [1.29, 1.82) is 5.41 Å². The Hall–Kier alpha value is -1.59. The van der Waals surface area contributed by atoms with Crippen LogP contribution >= 0.6 is 0 Å². The molecular weight excluding hydrogens is 218 g/mol. The van der Waals surface area contributed by atoms with Crippen LogP contribution in [0.2, 0.25) is 0 Å². The highest BCUT2D eigenvalue weighted by molar-refractivity contribution is 5.90. The quantitative estimate of drug-likeness (QED) is 0.426. The molecule has 1 aromatic carbocycles. The van der Waals surface area contributed by atoms with E-state index < -0.39 is 0 Å². The van der Waals surface area contributed by atoms with Gasteiger partial charge in [0.05, 0.1) is 11.8 Å². The molecule has 5 heteroatoms. The molecule has 0 unspecified atom stereocenters. The lowest BCUT2D eigenvalue weighted by Gasteiger charge is -2.23. The molecule has 0 atom stereocenters. The van der Waals surface area contributed by atoms with E-state index in [1.165, 1.54) is 5.06 Å². The Labute approximate surface area is 102 Å². The molecule has 0 saturated carbocycles. The summed E-state index contributed by atoms with van der Waals surface area (Å²) in [5.41, 5.74) is 6.16. The van der Waals surface area contributed by atoms with E-state index in [9.17, 15) is 0 Å². The van der Waals surface area contributed by atoms with Gasteiger partial charge in [-0.25, -0.2) is 0 Å². The number of hydrogen-bond donors (Lipinski definition) is 3. The van der Waals surface area contributed by atoms with Crippen molar-refractivity contribution >= 4 is 11.6 Å². The molecule has 0 aliphatic carbocycles. The van der Waals surface area contributed by atoms with Gasteiger partial charge in [0.25, 0.3) is 0 Å². The molecule has 0 bridgehead atoms. The molecule has 0 fully saturated rings. The number of para-hydroxylation sites is 1. The number of aliphatic hydroxyl groups is 1. The van der Waals surface area contributed by atoms with Gasteiger partial charge in [0.2, 0.25) is 5.96 Å². The van der Waals surface area contributed by atoms with Crippen LogP contribution in [0.15, 0.2) is 30.3 Å². The van der Waals surface area contributed by atoms with E-state index in [0.29, 0.717) is 0 Å². The highest BCUT2D eigenvalue weighted by Crippen LogP contribution is 2.13. The van der Waals surface area contributed by atoms with Gasteiger partial charge in [-0.1, -0.05) is 18.2 Å². The number of anilines is 1. The third-order valence-electron chi connectivity index (χ3n) is 1.53.